The first-order valence-electron chi connectivity index (χ1n) is 3.58. The van der Waals surface area contributed by atoms with Gasteiger partial charge >= 0.3 is 0 Å². The summed E-state index contributed by atoms with van der Waals surface area (Å²) in [5.74, 6) is 0.464. The standard InChI is InChI=1S/C8H5BrClNO2/c9-5-1-4(10)2-6-8(5)13-3-7(12)11-6/h1-2H,3H2,(H,11,12). The summed E-state index contributed by atoms with van der Waals surface area (Å²) < 4.78 is 5.95. The van der Waals surface area contributed by atoms with Gasteiger partial charge in [0.15, 0.2) is 12.4 Å². The Hall–Kier alpha value is -0.740. The van der Waals surface area contributed by atoms with Crippen molar-refractivity contribution in [1.82, 2.24) is 0 Å². The molecule has 0 radical (unpaired) electrons. The molecule has 3 nitrogen and oxygen atoms in total. The summed E-state index contributed by atoms with van der Waals surface area (Å²) in [6.07, 6.45) is 0. The third-order valence-corrected chi connectivity index (χ3v) is 2.44. The van der Waals surface area contributed by atoms with E-state index >= 15 is 0 Å². The van der Waals surface area contributed by atoms with Gasteiger partial charge in [-0.25, -0.2) is 0 Å². The van der Waals surface area contributed by atoms with Crippen molar-refractivity contribution in [2.45, 2.75) is 0 Å². The second-order valence-electron chi connectivity index (χ2n) is 2.60. The number of hydrogen-bond acceptors (Lipinski definition) is 2. The molecule has 0 atom stereocenters. The first-order valence-corrected chi connectivity index (χ1v) is 4.75. The third kappa shape index (κ3) is 1.64. The third-order valence-electron chi connectivity index (χ3n) is 1.63. The maximum Gasteiger partial charge on any atom is 0.262 e. The molecule has 68 valence electrons. The topological polar surface area (TPSA) is 38.3 Å². The molecule has 1 aliphatic heterocycles. The van der Waals surface area contributed by atoms with Crippen molar-refractivity contribution in [2.24, 2.45) is 0 Å². The van der Waals surface area contributed by atoms with E-state index in [1.165, 1.54) is 0 Å². The van der Waals surface area contributed by atoms with Crippen molar-refractivity contribution in [3.05, 3.63) is 21.6 Å². The summed E-state index contributed by atoms with van der Waals surface area (Å²) >= 11 is 9.08. The molecule has 0 bridgehead atoms. The van der Waals surface area contributed by atoms with Gasteiger partial charge in [-0.05, 0) is 28.1 Å². The molecule has 1 aromatic carbocycles. The highest BCUT2D eigenvalue weighted by atomic mass is 79.9. The van der Waals surface area contributed by atoms with Crippen LogP contribution in [0.2, 0.25) is 5.02 Å². The number of carbonyl (C=O) groups excluding carboxylic acids is 1. The minimum Gasteiger partial charge on any atom is -0.480 e. The first kappa shape index (κ1) is 8.84. The van der Waals surface area contributed by atoms with Crippen molar-refractivity contribution in [3.8, 4) is 5.75 Å². The van der Waals surface area contributed by atoms with E-state index in [9.17, 15) is 4.79 Å². The smallest absolute Gasteiger partial charge is 0.262 e. The number of rotatable bonds is 0. The molecule has 1 N–H and O–H groups in total. The molecule has 1 heterocycles. The van der Waals surface area contributed by atoms with E-state index in [0.717, 1.165) is 4.47 Å². The number of hydrogen-bond donors (Lipinski definition) is 1. The van der Waals surface area contributed by atoms with Gasteiger partial charge in [-0.1, -0.05) is 11.6 Å². The largest absolute Gasteiger partial charge is 0.480 e. The number of anilines is 1. The van der Waals surface area contributed by atoms with Crippen molar-refractivity contribution in [1.29, 1.82) is 0 Å². The second-order valence-corrected chi connectivity index (χ2v) is 3.89. The zero-order chi connectivity index (χ0) is 9.42. The Bertz CT molecular complexity index is 381. The van der Waals surface area contributed by atoms with Crippen LogP contribution in [0.15, 0.2) is 16.6 Å². The minimum atomic E-state index is -0.165. The quantitative estimate of drug-likeness (QED) is 0.780. The van der Waals surface area contributed by atoms with Crippen LogP contribution in [0, 0.1) is 0 Å². The fraction of sp³-hybridized carbons (Fsp3) is 0.125. The van der Waals surface area contributed by atoms with Gasteiger partial charge in [0.05, 0.1) is 10.2 Å². The van der Waals surface area contributed by atoms with Gasteiger partial charge < -0.3 is 10.1 Å². The average Bonchev–Trinajstić information content (AvgIpc) is 2.02. The number of amides is 1. The van der Waals surface area contributed by atoms with E-state index in [0.29, 0.717) is 16.5 Å². The molecular weight excluding hydrogens is 257 g/mol. The number of nitrogens with one attached hydrogen (secondary N) is 1. The van der Waals surface area contributed by atoms with Crippen molar-refractivity contribution >= 4 is 39.1 Å². The van der Waals surface area contributed by atoms with Crippen LogP contribution in [0.5, 0.6) is 5.75 Å². The Labute approximate surface area is 88.2 Å². The van der Waals surface area contributed by atoms with E-state index in [2.05, 4.69) is 21.2 Å². The van der Waals surface area contributed by atoms with Gasteiger partial charge in [0, 0.05) is 5.02 Å². The Morgan fingerprint density at radius 1 is 1.54 bits per heavy atom. The molecule has 1 aromatic rings. The fourth-order valence-electron chi connectivity index (χ4n) is 1.12. The van der Waals surface area contributed by atoms with Crippen LogP contribution in [0.25, 0.3) is 0 Å². The summed E-state index contributed by atoms with van der Waals surface area (Å²) in [5.41, 5.74) is 0.607. The molecule has 0 aliphatic carbocycles. The lowest BCUT2D eigenvalue weighted by atomic mass is 10.2. The summed E-state index contributed by atoms with van der Waals surface area (Å²) in [7, 11) is 0. The lowest BCUT2D eigenvalue weighted by Crippen LogP contribution is -2.25. The Morgan fingerprint density at radius 2 is 2.31 bits per heavy atom. The van der Waals surface area contributed by atoms with Crippen LogP contribution in [-0.2, 0) is 4.79 Å². The van der Waals surface area contributed by atoms with Crippen LogP contribution in [0.3, 0.4) is 0 Å². The second kappa shape index (κ2) is 3.20. The van der Waals surface area contributed by atoms with Gasteiger partial charge in [0.2, 0.25) is 0 Å². The molecule has 0 unspecified atom stereocenters. The minimum absolute atomic E-state index is 0.0488. The van der Waals surface area contributed by atoms with E-state index in [4.69, 9.17) is 16.3 Å². The van der Waals surface area contributed by atoms with Crippen LogP contribution in [0.1, 0.15) is 0 Å². The highest BCUT2D eigenvalue weighted by molar-refractivity contribution is 9.10. The molecule has 0 spiro atoms. The SMILES string of the molecule is O=C1COc2c(Br)cc(Cl)cc2N1. The predicted molar refractivity (Wildman–Crippen MR) is 53.3 cm³/mol. The molecule has 2 rings (SSSR count). The van der Waals surface area contributed by atoms with Crippen LogP contribution < -0.4 is 10.1 Å². The molecule has 1 amide bonds. The number of halogens is 2. The number of ether oxygens (including phenoxy) is 1. The van der Waals surface area contributed by atoms with Crippen LogP contribution in [-0.4, -0.2) is 12.5 Å². The van der Waals surface area contributed by atoms with Crippen LogP contribution in [0.4, 0.5) is 5.69 Å². The molecular formula is C8H5BrClNO2. The van der Waals surface area contributed by atoms with E-state index in [-0.39, 0.29) is 12.5 Å². The predicted octanol–water partition coefficient (Wildman–Crippen LogP) is 2.43. The Kier molecular flexibility index (Phi) is 2.17. The zero-order valence-electron chi connectivity index (χ0n) is 6.43. The van der Waals surface area contributed by atoms with E-state index < -0.39 is 0 Å². The van der Waals surface area contributed by atoms with Gasteiger partial charge in [0.25, 0.3) is 5.91 Å². The van der Waals surface area contributed by atoms with Crippen LogP contribution >= 0.6 is 27.5 Å². The lowest BCUT2D eigenvalue weighted by Gasteiger charge is -2.19. The molecule has 0 saturated carbocycles. The Balaban J connectivity index is 2.53. The maximum absolute atomic E-state index is 11.0. The Morgan fingerprint density at radius 3 is 3.08 bits per heavy atom. The van der Waals surface area contributed by atoms with Gasteiger partial charge in [0.1, 0.15) is 0 Å². The molecule has 0 aromatic heterocycles. The normalized spacial score (nSPS) is 14.5. The zero-order valence-corrected chi connectivity index (χ0v) is 8.78. The number of carbonyl (C=O) groups is 1. The van der Waals surface area contributed by atoms with Gasteiger partial charge in [-0.3, -0.25) is 4.79 Å². The van der Waals surface area contributed by atoms with Crippen molar-refractivity contribution in [2.75, 3.05) is 11.9 Å². The summed E-state index contributed by atoms with van der Waals surface area (Å²) in [6.45, 7) is 0.0488. The molecule has 13 heavy (non-hydrogen) atoms. The van der Waals surface area contributed by atoms with Crippen molar-refractivity contribution in [3.63, 3.8) is 0 Å². The highest BCUT2D eigenvalue weighted by Gasteiger charge is 2.18. The molecule has 0 saturated heterocycles. The lowest BCUT2D eigenvalue weighted by molar-refractivity contribution is -0.118. The fourth-order valence-corrected chi connectivity index (χ4v) is 2.05. The summed E-state index contributed by atoms with van der Waals surface area (Å²) in [6, 6.07) is 3.37. The molecule has 1 aliphatic rings. The summed E-state index contributed by atoms with van der Waals surface area (Å²) in [5, 5.41) is 3.22. The average molecular weight is 262 g/mol. The number of benzene rings is 1. The molecule has 0 fully saturated rings. The van der Waals surface area contributed by atoms with E-state index in [1.807, 2.05) is 0 Å². The van der Waals surface area contributed by atoms with Crippen molar-refractivity contribution < 1.29 is 9.53 Å². The first-order chi connectivity index (χ1) is 6.16. The summed E-state index contributed by atoms with van der Waals surface area (Å²) in [4.78, 5) is 11.0. The maximum atomic E-state index is 11.0. The number of fused-ring (bicyclic) bond motifs is 1. The highest BCUT2D eigenvalue weighted by Crippen LogP contribution is 2.37. The monoisotopic (exact) mass is 261 g/mol. The van der Waals surface area contributed by atoms with Gasteiger partial charge in [-0.2, -0.15) is 0 Å². The van der Waals surface area contributed by atoms with E-state index in [1.54, 1.807) is 12.1 Å². The van der Waals surface area contributed by atoms with Gasteiger partial charge in [-0.15, -0.1) is 0 Å². The molecule has 5 heteroatoms.